The lowest BCUT2D eigenvalue weighted by Crippen LogP contribution is -2.64. The quantitative estimate of drug-likeness (QED) is 0.774. The number of hydrogen-bond acceptors (Lipinski definition) is 5. The summed E-state index contributed by atoms with van der Waals surface area (Å²) in [4.78, 5) is 44.6. The van der Waals surface area contributed by atoms with Crippen molar-refractivity contribution in [1.82, 2.24) is 14.7 Å². The molecular weight excluding hydrogens is 427 g/mol. The monoisotopic (exact) mass is 443 g/mol. The summed E-state index contributed by atoms with van der Waals surface area (Å²) in [5.41, 5.74) is -1.21. The minimum Gasteiger partial charge on any atom is -0.338 e. The summed E-state index contributed by atoms with van der Waals surface area (Å²) in [7, 11) is 2.84. The number of benzene rings is 1. The molecule has 30 heavy (non-hydrogen) atoms. The van der Waals surface area contributed by atoms with Crippen LogP contribution in [0.15, 0.2) is 29.8 Å². The SMILES string of the molecule is C=C(c1ccc(NC(=O)CN2C=NC3C2C(=O)N(C)C(=O)N3C)cc1Cl)C(F)(F)F. The van der Waals surface area contributed by atoms with E-state index < -0.39 is 41.8 Å². The molecule has 2 unspecified atom stereocenters. The van der Waals surface area contributed by atoms with Gasteiger partial charge in [-0.15, -0.1) is 0 Å². The number of imide groups is 1. The van der Waals surface area contributed by atoms with Crippen LogP contribution in [0.2, 0.25) is 5.02 Å². The Morgan fingerprint density at radius 2 is 1.97 bits per heavy atom. The van der Waals surface area contributed by atoms with Gasteiger partial charge >= 0.3 is 12.2 Å². The van der Waals surface area contributed by atoms with E-state index in [1.165, 1.54) is 42.4 Å². The third-order valence-corrected chi connectivity index (χ3v) is 5.14. The van der Waals surface area contributed by atoms with Crippen LogP contribution in [-0.4, -0.2) is 77.9 Å². The predicted octanol–water partition coefficient (Wildman–Crippen LogP) is 2.42. The van der Waals surface area contributed by atoms with E-state index in [1.54, 1.807) is 0 Å². The van der Waals surface area contributed by atoms with E-state index in [0.717, 1.165) is 11.0 Å². The molecule has 1 N–H and O–H groups in total. The Morgan fingerprint density at radius 3 is 2.57 bits per heavy atom. The van der Waals surface area contributed by atoms with Crippen LogP contribution in [0.4, 0.5) is 23.7 Å². The number of nitrogens with zero attached hydrogens (tertiary/aromatic N) is 4. The molecule has 3 rings (SSSR count). The van der Waals surface area contributed by atoms with Crippen molar-refractivity contribution in [2.45, 2.75) is 18.4 Å². The number of urea groups is 1. The zero-order valence-electron chi connectivity index (χ0n) is 15.9. The van der Waals surface area contributed by atoms with Crippen LogP contribution in [0.5, 0.6) is 0 Å². The van der Waals surface area contributed by atoms with E-state index in [0.29, 0.717) is 0 Å². The molecule has 0 radical (unpaired) electrons. The van der Waals surface area contributed by atoms with Crippen LogP contribution in [0.3, 0.4) is 0 Å². The summed E-state index contributed by atoms with van der Waals surface area (Å²) < 4.78 is 38.4. The topological polar surface area (TPSA) is 85.3 Å². The maximum absolute atomic E-state index is 12.8. The molecule has 160 valence electrons. The first kappa shape index (κ1) is 21.6. The Bertz CT molecular complexity index is 965. The minimum atomic E-state index is -4.63. The fraction of sp³-hybridized carbons (Fsp3) is 0.333. The highest BCUT2D eigenvalue weighted by Gasteiger charge is 2.48. The van der Waals surface area contributed by atoms with Crippen LogP contribution < -0.4 is 5.32 Å². The summed E-state index contributed by atoms with van der Waals surface area (Å²) in [6.07, 6.45) is -4.05. The Labute approximate surface area is 174 Å². The molecule has 1 fully saturated rings. The molecule has 1 aromatic rings. The average molecular weight is 444 g/mol. The summed E-state index contributed by atoms with van der Waals surface area (Å²) in [6.45, 7) is 2.73. The van der Waals surface area contributed by atoms with Crippen LogP contribution in [0.25, 0.3) is 5.57 Å². The molecule has 0 aromatic heterocycles. The summed E-state index contributed by atoms with van der Waals surface area (Å²) in [5, 5.41) is 2.29. The van der Waals surface area contributed by atoms with Gasteiger partial charge in [0.1, 0.15) is 0 Å². The minimum absolute atomic E-state index is 0.177. The fourth-order valence-corrected chi connectivity index (χ4v) is 3.49. The van der Waals surface area contributed by atoms with Gasteiger partial charge in [0.15, 0.2) is 12.2 Å². The van der Waals surface area contributed by atoms with E-state index in [2.05, 4.69) is 16.9 Å². The predicted molar refractivity (Wildman–Crippen MR) is 104 cm³/mol. The number of alkyl halides is 3. The van der Waals surface area contributed by atoms with Gasteiger partial charge in [0, 0.05) is 25.3 Å². The molecule has 12 heteroatoms. The number of fused-ring (bicyclic) bond motifs is 1. The van der Waals surface area contributed by atoms with E-state index in [4.69, 9.17) is 11.6 Å². The Balaban J connectivity index is 1.69. The molecule has 2 atom stereocenters. The van der Waals surface area contributed by atoms with Gasteiger partial charge < -0.3 is 15.1 Å². The third kappa shape index (κ3) is 3.84. The van der Waals surface area contributed by atoms with E-state index in [9.17, 15) is 27.6 Å². The van der Waals surface area contributed by atoms with Gasteiger partial charge in [0.2, 0.25) is 5.91 Å². The highest BCUT2D eigenvalue weighted by Crippen LogP contribution is 2.36. The van der Waals surface area contributed by atoms with Crippen molar-refractivity contribution < 1.29 is 27.6 Å². The maximum Gasteiger partial charge on any atom is 0.416 e. The number of rotatable bonds is 4. The Morgan fingerprint density at radius 1 is 1.30 bits per heavy atom. The smallest absolute Gasteiger partial charge is 0.338 e. The Kier molecular flexibility index (Phi) is 5.50. The average Bonchev–Trinajstić information content (AvgIpc) is 3.07. The summed E-state index contributed by atoms with van der Waals surface area (Å²) >= 11 is 5.91. The van der Waals surface area contributed by atoms with Crippen molar-refractivity contribution in [2.24, 2.45) is 4.99 Å². The number of nitrogens with one attached hydrogen (secondary N) is 1. The van der Waals surface area contributed by atoms with Gasteiger partial charge in [-0.05, 0) is 12.1 Å². The summed E-state index contributed by atoms with van der Waals surface area (Å²) in [5.74, 6) is -1.04. The van der Waals surface area contributed by atoms with Crippen molar-refractivity contribution in [1.29, 1.82) is 0 Å². The molecule has 2 aliphatic rings. The Hall–Kier alpha value is -3.08. The first-order valence-electron chi connectivity index (χ1n) is 8.61. The zero-order valence-corrected chi connectivity index (χ0v) is 16.7. The first-order chi connectivity index (χ1) is 13.9. The van der Waals surface area contributed by atoms with Crippen LogP contribution >= 0.6 is 11.6 Å². The van der Waals surface area contributed by atoms with Crippen molar-refractivity contribution in [3.8, 4) is 0 Å². The van der Waals surface area contributed by atoms with Crippen molar-refractivity contribution in [3.05, 3.63) is 35.4 Å². The molecule has 0 aliphatic carbocycles. The standard InChI is InChI=1S/C18H17ClF3N5O3/c1-9(18(20,21)22)11-5-4-10(6-12(11)19)24-13(28)7-27-8-23-15-14(27)16(29)26(3)17(30)25(15)2/h4-6,8,14-15H,1,7H2,2-3H3,(H,24,28). The molecule has 1 saturated heterocycles. The normalized spacial score (nSPS) is 21.2. The second-order valence-electron chi connectivity index (χ2n) is 6.81. The van der Waals surface area contributed by atoms with Gasteiger partial charge in [-0.3, -0.25) is 14.5 Å². The van der Waals surface area contributed by atoms with E-state index in [-0.39, 0.29) is 22.8 Å². The van der Waals surface area contributed by atoms with Gasteiger partial charge in [-0.25, -0.2) is 9.79 Å². The molecule has 1 aromatic carbocycles. The molecule has 2 aliphatic heterocycles. The van der Waals surface area contributed by atoms with Crippen LogP contribution in [-0.2, 0) is 9.59 Å². The number of hydrogen-bond donors (Lipinski definition) is 1. The number of anilines is 1. The van der Waals surface area contributed by atoms with Crippen molar-refractivity contribution in [3.63, 3.8) is 0 Å². The number of halogens is 4. The number of carbonyl (C=O) groups is 3. The van der Waals surface area contributed by atoms with Gasteiger partial charge in [-0.2, -0.15) is 13.2 Å². The lowest BCUT2D eigenvalue weighted by atomic mass is 10.1. The van der Waals surface area contributed by atoms with Crippen molar-refractivity contribution >= 4 is 47.0 Å². The second kappa shape index (κ2) is 7.63. The molecule has 0 bridgehead atoms. The molecule has 0 spiro atoms. The van der Waals surface area contributed by atoms with Crippen molar-refractivity contribution in [2.75, 3.05) is 26.0 Å². The van der Waals surface area contributed by atoms with Crippen LogP contribution in [0, 0.1) is 0 Å². The van der Waals surface area contributed by atoms with E-state index in [1.807, 2.05) is 0 Å². The zero-order chi connectivity index (χ0) is 22.4. The highest BCUT2D eigenvalue weighted by atomic mass is 35.5. The van der Waals surface area contributed by atoms with Gasteiger partial charge in [0.05, 0.1) is 23.5 Å². The largest absolute Gasteiger partial charge is 0.416 e. The first-order valence-corrected chi connectivity index (χ1v) is 8.99. The molecule has 0 saturated carbocycles. The highest BCUT2D eigenvalue weighted by molar-refractivity contribution is 6.32. The van der Waals surface area contributed by atoms with Gasteiger partial charge in [0.25, 0.3) is 5.91 Å². The fourth-order valence-electron chi connectivity index (χ4n) is 3.20. The molecule has 4 amide bonds. The lowest BCUT2D eigenvalue weighted by Gasteiger charge is -2.39. The third-order valence-electron chi connectivity index (χ3n) is 4.82. The number of likely N-dealkylation sites (N-methyl/N-ethyl adjacent to an activating group) is 2. The van der Waals surface area contributed by atoms with Crippen LogP contribution in [0.1, 0.15) is 5.56 Å². The lowest BCUT2D eigenvalue weighted by molar-refractivity contribution is -0.136. The number of allylic oxidation sites excluding steroid dienone is 1. The van der Waals surface area contributed by atoms with E-state index >= 15 is 0 Å². The summed E-state index contributed by atoms with van der Waals surface area (Å²) in [6, 6.07) is 2.22. The number of aliphatic imine (C=N–C) groups is 1. The molecular formula is C18H17ClF3N5O3. The number of carbonyl (C=O) groups excluding carboxylic acids is 3. The second-order valence-corrected chi connectivity index (χ2v) is 7.21. The van der Waals surface area contributed by atoms with Gasteiger partial charge in [-0.1, -0.05) is 24.2 Å². The maximum atomic E-state index is 12.8. The molecule has 2 heterocycles. The molecule has 8 nitrogen and oxygen atoms in total. The number of amides is 4.